The first kappa shape index (κ1) is 28.1. The zero-order chi connectivity index (χ0) is 27.1. The molecule has 0 spiro atoms. The fraction of sp³-hybridized carbons (Fsp3) is 0.393. The summed E-state index contributed by atoms with van der Waals surface area (Å²) in [4.78, 5) is 29.2. The summed E-state index contributed by atoms with van der Waals surface area (Å²) < 4.78 is 11.2. The second-order valence-corrected chi connectivity index (χ2v) is 11.1. The Morgan fingerprint density at radius 3 is 2.08 bits per heavy atom. The molecule has 8 nitrogen and oxygen atoms in total. The van der Waals surface area contributed by atoms with Crippen LogP contribution in [0.4, 0.5) is 9.59 Å². The Morgan fingerprint density at radius 2 is 1.57 bits per heavy atom. The van der Waals surface area contributed by atoms with Gasteiger partial charge in [-0.05, 0) is 23.0 Å². The molecule has 37 heavy (non-hydrogen) atoms. The van der Waals surface area contributed by atoms with Crippen molar-refractivity contribution in [1.82, 2.24) is 4.98 Å². The summed E-state index contributed by atoms with van der Waals surface area (Å²) in [6, 6.07) is 19.1. The van der Waals surface area contributed by atoms with Gasteiger partial charge < -0.3 is 26.0 Å². The number of carbonyl (C=O) groups excluding carboxylic acids is 2. The Balaban J connectivity index is 2.09. The van der Waals surface area contributed by atoms with Gasteiger partial charge >= 0.3 is 12.2 Å². The van der Waals surface area contributed by atoms with E-state index in [1.807, 2.05) is 81.4 Å². The Bertz CT molecular complexity index is 1140. The molecule has 0 aliphatic heterocycles. The van der Waals surface area contributed by atoms with Crippen LogP contribution in [0, 0.1) is 5.41 Å². The lowest BCUT2D eigenvalue weighted by molar-refractivity contribution is -0.0875. The van der Waals surface area contributed by atoms with E-state index in [1.165, 1.54) is 11.3 Å². The molecule has 9 heteroatoms. The van der Waals surface area contributed by atoms with Gasteiger partial charge in [-0.25, -0.2) is 9.59 Å². The second kappa shape index (κ2) is 12.2. The topological polar surface area (TPSA) is 138 Å². The first-order chi connectivity index (χ1) is 17.5. The Kier molecular flexibility index (Phi) is 9.29. The molecule has 1 aromatic heterocycles. The monoisotopic (exact) mass is 525 g/mol. The van der Waals surface area contributed by atoms with Crippen molar-refractivity contribution in [1.29, 1.82) is 0 Å². The molecule has 1 heterocycles. The van der Waals surface area contributed by atoms with Gasteiger partial charge in [0.05, 0.1) is 11.6 Å². The smallest absolute Gasteiger partial charge is 0.404 e. The fourth-order valence-corrected chi connectivity index (χ4v) is 5.76. The van der Waals surface area contributed by atoms with E-state index in [2.05, 4.69) is 4.98 Å². The summed E-state index contributed by atoms with van der Waals surface area (Å²) in [5.41, 5.74) is 13.0. The van der Waals surface area contributed by atoms with E-state index < -0.39 is 41.3 Å². The van der Waals surface area contributed by atoms with E-state index in [0.717, 1.165) is 16.0 Å². The third-order valence-electron chi connectivity index (χ3n) is 6.74. The van der Waals surface area contributed by atoms with Gasteiger partial charge in [0.25, 0.3) is 0 Å². The van der Waals surface area contributed by atoms with Crippen molar-refractivity contribution in [2.75, 3.05) is 0 Å². The molecule has 0 saturated heterocycles. The molecular weight excluding hydrogens is 490 g/mol. The highest BCUT2D eigenvalue weighted by Gasteiger charge is 2.54. The molecule has 3 aromatic rings. The maximum Gasteiger partial charge on any atom is 0.404 e. The van der Waals surface area contributed by atoms with E-state index in [9.17, 15) is 14.7 Å². The highest BCUT2D eigenvalue weighted by Crippen LogP contribution is 2.49. The van der Waals surface area contributed by atoms with Crippen LogP contribution in [0.25, 0.3) is 0 Å². The zero-order valence-corrected chi connectivity index (χ0v) is 22.2. The fourth-order valence-electron chi connectivity index (χ4n) is 5.07. The molecule has 4 atom stereocenters. The number of nitrogens with two attached hydrogens (primary N) is 2. The highest BCUT2D eigenvalue weighted by atomic mass is 32.1. The molecule has 5 N–H and O–H groups in total. The summed E-state index contributed by atoms with van der Waals surface area (Å²) in [7, 11) is 0. The lowest BCUT2D eigenvalue weighted by Gasteiger charge is -2.51. The quantitative estimate of drug-likeness (QED) is 0.335. The van der Waals surface area contributed by atoms with Gasteiger partial charge in [-0.2, -0.15) is 0 Å². The number of aliphatic hydroxyl groups excluding tert-OH is 1. The third-order valence-corrected chi connectivity index (χ3v) is 7.52. The number of hydrogen-bond acceptors (Lipinski definition) is 7. The van der Waals surface area contributed by atoms with Crippen molar-refractivity contribution in [3.05, 3.63) is 88.4 Å². The number of rotatable bonds is 11. The van der Waals surface area contributed by atoms with E-state index >= 15 is 0 Å². The van der Waals surface area contributed by atoms with Gasteiger partial charge in [-0.1, -0.05) is 81.4 Å². The minimum Gasteiger partial charge on any atom is -0.446 e. The zero-order valence-electron chi connectivity index (χ0n) is 21.4. The SMILES string of the molecule is CC(C)(C)C(Cc1cncs1)(c1ccccc1)[C@H](OC(N)=O)[C@@H](O)C[C@H](Cc1ccccc1)OC(N)=O. The molecule has 0 radical (unpaired) electrons. The van der Waals surface area contributed by atoms with Gasteiger partial charge in [0, 0.05) is 29.3 Å². The largest absolute Gasteiger partial charge is 0.446 e. The summed E-state index contributed by atoms with van der Waals surface area (Å²) in [5, 5.41) is 11.7. The van der Waals surface area contributed by atoms with Crippen molar-refractivity contribution in [2.45, 2.75) is 63.8 Å². The van der Waals surface area contributed by atoms with Crippen molar-refractivity contribution in [3.63, 3.8) is 0 Å². The van der Waals surface area contributed by atoms with Crippen LogP contribution in [0.5, 0.6) is 0 Å². The number of benzene rings is 2. The molecule has 2 aromatic carbocycles. The standard InChI is InChI=1S/C28H35N3O5S/c1-27(2,3)28(16-22-17-31-18-37-22,20-12-8-5-9-13-20)24(36-26(30)34)23(32)15-21(35-25(29)33)14-19-10-6-4-7-11-19/h4-13,17-18,21,23-24,32H,14-16H2,1-3H3,(H2,29,33)(H2,30,34)/t21-,23-,24+,28?/m0/s1. The molecule has 0 aliphatic carbocycles. The van der Waals surface area contributed by atoms with Gasteiger partial charge in [-0.15, -0.1) is 11.3 Å². The number of nitrogens with zero attached hydrogens (tertiary/aromatic N) is 1. The van der Waals surface area contributed by atoms with Crippen LogP contribution in [0.1, 0.15) is 43.2 Å². The molecule has 198 valence electrons. The van der Waals surface area contributed by atoms with Crippen LogP contribution in [0.2, 0.25) is 0 Å². The van der Waals surface area contributed by atoms with Gasteiger partial charge in [-0.3, -0.25) is 4.98 Å². The Labute approximate surface area is 221 Å². The molecule has 2 amide bonds. The summed E-state index contributed by atoms with van der Waals surface area (Å²) in [6.45, 7) is 6.10. The summed E-state index contributed by atoms with van der Waals surface area (Å²) in [5.74, 6) is 0. The minimum atomic E-state index is -1.24. The first-order valence-corrected chi connectivity index (χ1v) is 13.0. The Morgan fingerprint density at radius 1 is 0.973 bits per heavy atom. The van der Waals surface area contributed by atoms with Crippen LogP contribution in [0.15, 0.2) is 72.4 Å². The van der Waals surface area contributed by atoms with Crippen molar-refractivity contribution in [3.8, 4) is 0 Å². The number of amides is 2. The number of aliphatic hydroxyl groups is 1. The van der Waals surface area contributed by atoms with Crippen LogP contribution in [0.3, 0.4) is 0 Å². The predicted octanol–water partition coefficient (Wildman–Crippen LogP) is 4.59. The van der Waals surface area contributed by atoms with Gasteiger partial charge in [0.2, 0.25) is 0 Å². The number of aromatic nitrogens is 1. The normalized spacial score (nSPS) is 15.7. The van der Waals surface area contributed by atoms with E-state index in [4.69, 9.17) is 20.9 Å². The highest BCUT2D eigenvalue weighted by molar-refractivity contribution is 7.09. The van der Waals surface area contributed by atoms with E-state index in [1.54, 1.807) is 11.7 Å². The number of primary amides is 2. The number of carbonyl (C=O) groups is 2. The van der Waals surface area contributed by atoms with Crippen LogP contribution in [-0.2, 0) is 27.7 Å². The molecular formula is C28H35N3O5S. The molecule has 0 aliphatic rings. The number of hydrogen-bond donors (Lipinski definition) is 3. The van der Waals surface area contributed by atoms with Gasteiger partial charge in [0.15, 0.2) is 0 Å². The lowest BCUT2D eigenvalue weighted by Crippen LogP contribution is -2.58. The summed E-state index contributed by atoms with van der Waals surface area (Å²) in [6.07, 6.45) is -2.53. The van der Waals surface area contributed by atoms with Crippen LogP contribution >= 0.6 is 11.3 Å². The third kappa shape index (κ3) is 7.08. The van der Waals surface area contributed by atoms with E-state index in [-0.39, 0.29) is 6.42 Å². The molecule has 0 saturated carbocycles. The minimum absolute atomic E-state index is 0.0247. The molecule has 1 unspecified atom stereocenters. The summed E-state index contributed by atoms with van der Waals surface area (Å²) >= 11 is 1.48. The van der Waals surface area contributed by atoms with Crippen molar-refractivity contribution >= 4 is 23.5 Å². The predicted molar refractivity (Wildman–Crippen MR) is 143 cm³/mol. The first-order valence-electron chi connectivity index (χ1n) is 12.1. The average Bonchev–Trinajstić information content (AvgIpc) is 3.34. The van der Waals surface area contributed by atoms with Gasteiger partial charge in [0.1, 0.15) is 12.2 Å². The van der Waals surface area contributed by atoms with Crippen LogP contribution in [-0.4, -0.2) is 40.6 Å². The maximum absolute atomic E-state index is 12.2. The second-order valence-electron chi connectivity index (χ2n) is 10.1. The Hall–Kier alpha value is -3.43. The van der Waals surface area contributed by atoms with Crippen molar-refractivity contribution < 1.29 is 24.2 Å². The molecule has 0 fully saturated rings. The average molecular weight is 526 g/mol. The molecule has 3 rings (SSSR count). The van der Waals surface area contributed by atoms with E-state index in [0.29, 0.717) is 12.8 Å². The number of thiazole rings is 1. The lowest BCUT2D eigenvalue weighted by atomic mass is 9.56. The van der Waals surface area contributed by atoms with Crippen LogP contribution < -0.4 is 11.5 Å². The maximum atomic E-state index is 12.2. The molecule has 0 bridgehead atoms. The number of ether oxygens (including phenoxy) is 2. The van der Waals surface area contributed by atoms with Crippen molar-refractivity contribution in [2.24, 2.45) is 16.9 Å².